The zero-order chi connectivity index (χ0) is 14.7. The van der Waals surface area contributed by atoms with E-state index in [1.165, 1.54) is 5.56 Å². The number of aryl methyl sites for hydroxylation is 1. The minimum Gasteiger partial charge on any atom is -0.495 e. The van der Waals surface area contributed by atoms with E-state index in [0.29, 0.717) is 0 Å². The fourth-order valence-electron chi connectivity index (χ4n) is 2.47. The number of ether oxygens (including phenoxy) is 1. The lowest BCUT2D eigenvalue weighted by molar-refractivity contribution is 0.418. The first-order valence-corrected chi connectivity index (χ1v) is 6.79. The van der Waals surface area contributed by atoms with Gasteiger partial charge in [0, 0.05) is 47.0 Å². The van der Waals surface area contributed by atoms with Gasteiger partial charge in [0.05, 0.1) is 7.11 Å². The molecule has 3 nitrogen and oxygen atoms in total. The highest BCUT2D eigenvalue weighted by Gasteiger charge is 2.14. The molecule has 3 rings (SSSR count). The van der Waals surface area contributed by atoms with Crippen LogP contribution in [0.15, 0.2) is 61.2 Å². The Labute approximate surface area is 124 Å². The molecule has 3 heteroatoms. The molecule has 0 amide bonds. The van der Waals surface area contributed by atoms with E-state index < -0.39 is 0 Å². The molecule has 0 fully saturated rings. The molecule has 0 N–H and O–H groups in total. The minimum atomic E-state index is 0.849. The standard InChI is InChI=1S/C18H16N2O/c1-13-9-16(14-5-3-7-19-11-14)18(21-2)17(10-13)15-6-4-8-20-12-15/h3-12H,1-2H3. The van der Waals surface area contributed by atoms with Gasteiger partial charge in [-0.05, 0) is 36.8 Å². The Morgan fingerprint density at radius 1 is 0.857 bits per heavy atom. The minimum absolute atomic E-state index is 0.849. The molecule has 0 saturated heterocycles. The van der Waals surface area contributed by atoms with Gasteiger partial charge in [-0.15, -0.1) is 0 Å². The molecule has 1 aromatic carbocycles. The summed E-state index contributed by atoms with van der Waals surface area (Å²) >= 11 is 0. The number of methoxy groups -OCH3 is 1. The Bertz CT molecular complexity index is 679. The number of rotatable bonds is 3. The van der Waals surface area contributed by atoms with Crippen LogP contribution >= 0.6 is 0 Å². The molecule has 0 radical (unpaired) electrons. The third-order valence-corrected chi connectivity index (χ3v) is 3.38. The Hall–Kier alpha value is -2.68. The zero-order valence-corrected chi connectivity index (χ0v) is 12.1. The van der Waals surface area contributed by atoms with E-state index in [1.54, 1.807) is 19.5 Å². The summed E-state index contributed by atoms with van der Waals surface area (Å²) in [6, 6.07) is 12.2. The SMILES string of the molecule is COc1c(-c2cccnc2)cc(C)cc1-c1cccnc1. The first-order chi connectivity index (χ1) is 10.3. The van der Waals surface area contributed by atoms with Crippen LogP contribution in [0.3, 0.4) is 0 Å². The summed E-state index contributed by atoms with van der Waals surface area (Å²) in [4.78, 5) is 8.40. The second-order valence-corrected chi connectivity index (χ2v) is 4.88. The van der Waals surface area contributed by atoms with Gasteiger partial charge in [0.25, 0.3) is 0 Å². The van der Waals surface area contributed by atoms with Gasteiger partial charge in [0.15, 0.2) is 0 Å². The summed E-state index contributed by atoms with van der Waals surface area (Å²) < 4.78 is 5.68. The molecule has 0 aliphatic rings. The number of hydrogen-bond donors (Lipinski definition) is 0. The summed E-state index contributed by atoms with van der Waals surface area (Å²) in [6.45, 7) is 2.08. The van der Waals surface area contributed by atoms with Crippen LogP contribution in [0, 0.1) is 6.92 Å². The van der Waals surface area contributed by atoms with E-state index in [0.717, 1.165) is 28.0 Å². The van der Waals surface area contributed by atoms with Gasteiger partial charge in [-0.25, -0.2) is 0 Å². The largest absolute Gasteiger partial charge is 0.495 e. The van der Waals surface area contributed by atoms with Crippen LogP contribution < -0.4 is 4.74 Å². The molecular weight excluding hydrogens is 260 g/mol. The molecule has 21 heavy (non-hydrogen) atoms. The number of nitrogens with zero attached hydrogens (tertiary/aromatic N) is 2. The summed E-state index contributed by atoms with van der Waals surface area (Å²) in [5, 5.41) is 0. The van der Waals surface area contributed by atoms with E-state index in [-0.39, 0.29) is 0 Å². The number of benzene rings is 1. The molecule has 3 aromatic rings. The second-order valence-electron chi connectivity index (χ2n) is 4.88. The zero-order valence-electron chi connectivity index (χ0n) is 12.1. The summed E-state index contributed by atoms with van der Waals surface area (Å²) in [6.07, 6.45) is 7.25. The Balaban J connectivity index is 2.25. The first-order valence-electron chi connectivity index (χ1n) is 6.79. The van der Waals surface area contributed by atoms with Crippen molar-refractivity contribution in [3.05, 3.63) is 66.7 Å². The molecule has 0 aliphatic carbocycles. The lowest BCUT2D eigenvalue weighted by Gasteiger charge is -2.15. The van der Waals surface area contributed by atoms with Gasteiger partial charge >= 0.3 is 0 Å². The lowest BCUT2D eigenvalue weighted by atomic mass is 9.96. The van der Waals surface area contributed by atoms with Gasteiger partial charge in [-0.3, -0.25) is 9.97 Å². The van der Waals surface area contributed by atoms with Crippen LogP contribution in [-0.4, -0.2) is 17.1 Å². The van der Waals surface area contributed by atoms with Crippen molar-refractivity contribution in [2.45, 2.75) is 6.92 Å². The molecule has 0 saturated carbocycles. The van der Waals surface area contributed by atoms with Crippen LogP contribution in [-0.2, 0) is 0 Å². The predicted molar refractivity (Wildman–Crippen MR) is 84.2 cm³/mol. The van der Waals surface area contributed by atoms with E-state index in [9.17, 15) is 0 Å². The molecule has 0 unspecified atom stereocenters. The van der Waals surface area contributed by atoms with Gasteiger partial charge in [0.1, 0.15) is 5.75 Å². The van der Waals surface area contributed by atoms with Crippen LogP contribution in [0.1, 0.15) is 5.56 Å². The molecule has 0 atom stereocenters. The van der Waals surface area contributed by atoms with Crippen molar-refractivity contribution >= 4 is 0 Å². The van der Waals surface area contributed by atoms with Gasteiger partial charge in [-0.1, -0.05) is 12.1 Å². The maximum absolute atomic E-state index is 5.68. The summed E-state index contributed by atoms with van der Waals surface area (Å²) in [5.41, 5.74) is 5.36. The Kier molecular flexibility index (Phi) is 3.65. The van der Waals surface area contributed by atoms with E-state index >= 15 is 0 Å². The topological polar surface area (TPSA) is 35.0 Å². The molecule has 104 valence electrons. The maximum Gasteiger partial charge on any atom is 0.134 e. The highest BCUT2D eigenvalue weighted by Crippen LogP contribution is 2.39. The van der Waals surface area contributed by atoms with Crippen molar-refractivity contribution in [1.82, 2.24) is 9.97 Å². The number of aromatic nitrogens is 2. The fraction of sp³-hybridized carbons (Fsp3) is 0.111. The molecular formula is C18H16N2O. The highest BCUT2D eigenvalue weighted by molar-refractivity contribution is 5.82. The monoisotopic (exact) mass is 276 g/mol. The molecule has 0 spiro atoms. The van der Waals surface area contributed by atoms with Gasteiger partial charge in [-0.2, -0.15) is 0 Å². The number of hydrogen-bond acceptors (Lipinski definition) is 3. The van der Waals surface area contributed by atoms with Crippen molar-refractivity contribution in [2.75, 3.05) is 7.11 Å². The van der Waals surface area contributed by atoms with Crippen molar-refractivity contribution in [1.29, 1.82) is 0 Å². The van der Waals surface area contributed by atoms with Gasteiger partial charge in [0.2, 0.25) is 0 Å². The lowest BCUT2D eigenvalue weighted by Crippen LogP contribution is -1.94. The average Bonchev–Trinajstić information content (AvgIpc) is 2.55. The summed E-state index contributed by atoms with van der Waals surface area (Å²) in [5.74, 6) is 0.849. The van der Waals surface area contributed by atoms with Crippen LogP contribution in [0.4, 0.5) is 0 Å². The third-order valence-electron chi connectivity index (χ3n) is 3.38. The molecule has 0 bridgehead atoms. The average molecular weight is 276 g/mol. The van der Waals surface area contributed by atoms with E-state index in [4.69, 9.17) is 4.74 Å². The second kappa shape index (κ2) is 5.75. The van der Waals surface area contributed by atoms with Crippen molar-refractivity contribution < 1.29 is 4.74 Å². The van der Waals surface area contributed by atoms with Crippen molar-refractivity contribution in [2.24, 2.45) is 0 Å². The van der Waals surface area contributed by atoms with Gasteiger partial charge < -0.3 is 4.74 Å². The van der Waals surface area contributed by atoms with E-state index in [1.807, 2.05) is 36.7 Å². The Morgan fingerprint density at radius 2 is 1.38 bits per heavy atom. The molecule has 2 aromatic heterocycles. The highest BCUT2D eigenvalue weighted by atomic mass is 16.5. The van der Waals surface area contributed by atoms with Crippen LogP contribution in [0.25, 0.3) is 22.3 Å². The van der Waals surface area contributed by atoms with Crippen molar-refractivity contribution in [3.63, 3.8) is 0 Å². The normalized spacial score (nSPS) is 10.4. The maximum atomic E-state index is 5.68. The van der Waals surface area contributed by atoms with Crippen LogP contribution in [0.5, 0.6) is 5.75 Å². The number of pyridine rings is 2. The predicted octanol–water partition coefficient (Wildman–Crippen LogP) is 4.13. The smallest absolute Gasteiger partial charge is 0.134 e. The molecule has 0 aliphatic heterocycles. The Morgan fingerprint density at radius 3 is 1.76 bits per heavy atom. The third kappa shape index (κ3) is 2.63. The summed E-state index contributed by atoms with van der Waals surface area (Å²) in [7, 11) is 1.70. The quantitative estimate of drug-likeness (QED) is 0.721. The van der Waals surface area contributed by atoms with Crippen molar-refractivity contribution in [3.8, 4) is 28.0 Å². The molecule has 2 heterocycles. The van der Waals surface area contributed by atoms with E-state index in [2.05, 4.69) is 29.0 Å². The first kappa shape index (κ1) is 13.3. The fourth-order valence-corrected chi connectivity index (χ4v) is 2.47. The van der Waals surface area contributed by atoms with Crippen LogP contribution in [0.2, 0.25) is 0 Å².